The molecule has 0 aliphatic rings. The van der Waals surface area contributed by atoms with Crippen molar-refractivity contribution in [3.63, 3.8) is 0 Å². The number of hydrogen-bond acceptors (Lipinski definition) is 4. The first-order chi connectivity index (χ1) is 9.43. The van der Waals surface area contributed by atoms with E-state index in [-0.39, 0.29) is 16.5 Å². The van der Waals surface area contributed by atoms with Gasteiger partial charge in [-0.1, -0.05) is 11.6 Å². The molecule has 1 aromatic rings. The van der Waals surface area contributed by atoms with Crippen molar-refractivity contribution in [3.05, 3.63) is 28.8 Å². The molecule has 2 amide bonds. The Morgan fingerprint density at radius 3 is 2.60 bits per heavy atom. The van der Waals surface area contributed by atoms with Crippen molar-refractivity contribution in [2.45, 2.75) is 0 Å². The van der Waals surface area contributed by atoms with Crippen LogP contribution in [0.5, 0.6) is 0 Å². The van der Waals surface area contributed by atoms with E-state index in [2.05, 4.69) is 15.4 Å². The lowest BCUT2D eigenvalue weighted by molar-refractivity contribution is -0.143. The van der Waals surface area contributed by atoms with Gasteiger partial charge in [-0.15, -0.1) is 0 Å². The van der Waals surface area contributed by atoms with E-state index >= 15 is 0 Å². The molecule has 0 aromatic heterocycles. The van der Waals surface area contributed by atoms with Gasteiger partial charge in [-0.25, -0.2) is 4.79 Å². The Morgan fingerprint density at radius 2 is 2.00 bits per heavy atom. The lowest BCUT2D eigenvalue weighted by atomic mass is 10.2. The number of amides is 2. The number of benzene rings is 1. The van der Waals surface area contributed by atoms with Crippen molar-refractivity contribution in [2.75, 3.05) is 25.6 Å². The lowest BCUT2D eigenvalue weighted by Crippen LogP contribution is -2.22. The third-order valence-corrected chi connectivity index (χ3v) is 2.51. The van der Waals surface area contributed by atoms with Gasteiger partial charge >= 0.3 is 5.97 Å². The summed E-state index contributed by atoms with van der Waals surface area (Å²) in [5, 5.41) is 13.5. The minimum absolute atomic E-state index is 0.221. The van der Waals surface area contributed by atoms with Crippen LogP contribution >= 0.6 is 11.6 Å². The molecule has 0 atom stereocenters. The summed E-state index contributed by atoms with van der Waals surface area (Å²) in [7, 11) is 1.46. The molecule has 1 rings (SSSR count). The Bertz CT molecular complexity index is 533. The minimum atomic E-state index is -1.16. The molecule has 8 heteroatoms. The highest BCUT2D eigenvalue weighted by Crippen LogP contribution is 2.20. The van der Waals surface area contributed by atoms with Crippen LogP contribution in [0.15, 0.2) is 18.2 Å². The van der Waals surface area contributed by atoms with E-state index < -0.39 is 25.1 Å². The van der Waals surface area contributed by atoms with Crippen LogP contribution in [-0.2, 0) is 14.3 Å². The fraction of sp³-hybridized carbons (Fsp3) is 0.250. The van der Waals surface area contributed by atoms with E-state index in [1.807, 2.05) is 0 Å². The number of carboxylic acids is 1. The van der Waals surface area contributed by atoms with E-state index in [9.17, 15) is 14.4 Å². The Hall–Kier alpha value is -2.12. The van der Waals surface area contributed by atoms with Crippen LogP contribution in [0.4, 0.5) is 5.69 Å². The Morgan fingerprint density at radius 1 is 1.30 bits per heavy atom. The Labute approximate surface area is 119 Å². The minimum Gasteiger partial charge on any atom is -0.480 e. The molecule has 108 valence electrons. The molecule has 0 heterocycles. The van der Waals surface area contributed by atoms with Gasteiger partial charge in [-0.3, -0.25) is 9.59 Å². The summed E-state index contributed by atoms with van der Waals surface area (Å²) < 4.78 is 4.63. The quantitative estimate of drug-likeness (QED) is 0.718. The van der Waals surface area contributed by atoms with Crippen LogP contribution in [0.3, 0.4) is 0 Å². The van der Waals surface area contributed by atoms with Crippen molar-refractivity contribution in [2.24, 2.45) is 0 Å². The molecule has 0 spiro atoms. The van der Waals surface area contributed by atoms with E-state index in [4.69, 9.17) is 16.7 Å². The maximum atomic E-state index is 11.5. The highest BCUT2D eigenvalue weighted by molar-refractivity contribution is 6.34. The number of aliphatic carboxylic acids is 1. The largest absolute Gasteiger partial charge is 0.480 e. The van der Waals surface area contributed by atoms with E-state index in [1.165, 1.54) is 25.2 Å². The Kier molecular flexibility index (Phi) is 5.95. The summed E-state index contributed by atoms with van der Waals surface area (Å²) in [4.78, 5) is 33.2. The monoisotopic (exact) mass is 300 g/mol. The second-order valence-corrected chi connectivity index (χ2v) is 4.12. The highest BCUT2D eigenvalue weighted by Gasteiger charge is 2.11. The number of hydrogen-bond donors (Lipinski definition) is 3. The van der Waals surface area contributed by atoms with Crippen LogP contribution in [-0.4, -0.2) is 43.2 Å². The summed E-state index contributed by atoms with van der Waals surface area (Å²) in [5.74, 6) is -2.07. The van der Waals surface area contributed by atoms with Gasteiger partial charge in [0.1, 0.15) is 13.2 Å². The molecule has 0 radical (unpaired) electrons. The van der Waals surface area contributed by atoms with Gasteiger partial charge in [-0.2, -0.15) is 0 Å². The molecule has 0 aliphatic carbocycles. The van der Waals surface area contributed by atoms with Crippen molar-refractivity contribution in [3.8, 4) is 0 Å². The molecule has 0 fully saturated rings. The maximum Gasteiger partial charge on any atom is 0.329 e. The molecule has 0 saturated heterocycles. The van der Waals surface area contributed by atoms with E-state index in [1.54, 1.807) is 0 Å². The third-order valence-electron chi connectivity index (χ3n) is 2.18. The zero-order chi connectivity index (χ0) is 15.1. The average molecular weight is 301 g/mol. The van der Waals surface area contributed by atoms with Crippen LogP contribution < -0.4 is 10.6 Å². The van der Waals surface area contributed by atoms with E-state index in [0.717, 1.165) is 0 Å². The molecule has 0 unspecified atom stereocenters. The molecule has 0 aliphatic heterocycles. The molecule has 3 N–H and O–H groups in total. The molecule has 20 heavy (non-hydrogen) atoms. The number of carbonyl (C=O) groups excluding carboxylic acids is 2. The van der Waals surface area contributed by atoms with Gasteiger partial charge in [0, 0.05) is 12.7 Å². The smallest absolute Gasteiger partial charge is 0.329 e. The molecule has 1 aromatic carbocycles. The number of nitrogens with one attached hydrogen (secondary N) is 2. The molecule has 0 bridgehead atoms. The number of rotatable bonds is 6. The third kappa shape index (κ3) is 4.87. The summed E-state index contributed by atoms with van der Waals surface area (Å²) in [6, 6.07) is 4.40. The van der Waals surface area contributed by atoms with Crippen LogP contribution in [0.2, 0.25) is 5.02 Å². The predicted molar refractivity (Wildman–Crippen MR) is 71.9 cm³/mol. The van der Waals surface area contributed by atoms with Crippen LogP contribution in [0.25, 0.3) is 0 Å². The fourth-order valence-corrected chi connectivity index (χ4v) is 1.54. The maximum absolute atomic E-state index is 11.5. The average Bonchev–Trinajstić information content (AvgIpc) is 2.39. The zero-order valence-corrected chi connectivity index (χ0v) is 11.4. The van der Waals surface area contributed by atoms with Crippen molar-refractivity contribution in [1.82, 2.24) is 5.32 Å². The summed E-state index contributed by atoms with van der Waals surface area (Å²) in [5.41, 5.74) is 0.579. The predicted octanol–water partition coefficient (Wildman–Crippen LogP) is 0.739. The normalized spacial score (nSPS) is 9.90. The molecular formula is C12H13ClN2O5. The van der Waals surface area contributed by atoms with E-state index in [0.29, 0.717) is 5.69 Å². The molecular weight excluding hydrogens is 288 g/mol. The van der Waals surface area contributed by atoms with Gasteiger partial charge < -0.3 is 20.5 Å². The molecule has 0 saturated carbocycles. The Balaban J connectivity index is 2.66. The van der Waals surface area contributed by atoms with Gasteiger partial charge in [0.25, 0.3) is 5.91 Å². The van der Waals surface area contributed by atoms with Crippen LogP contribution in [0, 0.1) is 0 Å². The lowest BCUT2D eigenvalue weighted by Gasteiger charge is -2.08. The molecule has 7 nitrogen and oxygen atoms in total. The number of ether oxygens (including phenoxy) is 1. The first-order valence-corrected chi connectivity index (χ1v) is 5.93. The first-order valence-electron chi connectivity index (χ1n) is 5.55. The first kappa shape index (κ1) is 15.9. The van der Waals surface area contributed by atoms with Crippen molar-refractivity contribution >= 4 is 35.1 Å². The summed E-state index contributed by atoms with van der Waals surface area (Å²) in [6.45, 7) is -0.957. The summed E-state index contributed by atoms with van der Waals surface area (Å²) in [6.07, 6.45) is 0. The van der Waals surface area contributed by atoms with Crippen LogP contribution in [0.1, 0.15) is 10.4 Å². The SMILES string of the molecule is CNC(=O)c1cc(NC(=O)COCC(=O)O)ccc1Cl. The second kappa shape index (κ2) is 7.46. The zero-order valence-electron chi connectivity index (χ0n) is 10.6. The summed E-state index contributed by atoms with van der Waals surface area (Å²) >= 11 is 5.86. The van der Waals surface area contributed by atoms with Gasteiger partial charge in [-0.05, 0) is 18.2 Å². The number of anilines is 1. The van der Waals surface area contributed by atoms with Gasteiger partial charge in [0.05, 0.1) is 10.6 Å². The standard InChI is InChI=1S/C12H13ClN2O5/c1-14-12(19)8-4-7(2-3-9(8)13)15-10(16)5-20-6-11(17)18/h2-4H,5-6H2,1H3,(H,14,19)(H,15,16)(H,17,18). The van der Waals surface area contributed by atoms with Gasteiger partial charge in [0.15, 0.2) is 0 Å². The second-order valence-electron chi connectivity index (χ2n) is 3.71. The number of carboxylic acid groups (broad SMARTS) is 1. The number of halogens is 1. The topological polar surface area (TPSA) is 105 Å². The highest BCUT2D eigenvalue weighted by atomic mass is 35.5. The fourth-order valence-electron chi connectivity index (χ4n) is 1.34. The van der Waals surface area contributed by atoms with Crippen molar-refractivity contribution < 1.29 is 24.2 Å². The van der Waals surface area contributed by atoms with Gasteiger partial charge in [0.2, 0.25) is 5.91 Å². The van der Waals surface area contributed by atoms with Crippen molar-refractivity contribution in [1.29, 1.82) is 0 Å². The number of carbonyl (C=O) groups is 3.